The maximum absolute atomic E-state index is 13.0. The Morgan fingerprint density at radius 2 is 1.95 bits per heavy atom. The summed E-state index contributed by atoms with van der Waals surface area (Å²) in [5.41, 5.74) is 3.75. The Kier molecular flexibility index (Phi) is 6.25. The standard InChI is InChI=1S/C25H20ClN5O4S3/c1-12-20-23-21(30-11-29-20)19-6-3-14(36-19)10-27-24(32)16-8-15(4-5-17(16)26)38(33,34)31-18-7-13(22(12)37-23)9-28-25(18)35-2/h3-9,11,31,33-34H,10H2,1-2H3,(H,27,32). The molecule has 0 atom stereocenters. The number of benzene rings is 1. The number of nitrogens with zero attached hydrogens (tertiary/aromatic N) is 3. The number of carbonyl (C=O) groups excluding carboxylic acids is 1. The van der Waals surface area contributed by atoms with Crippen molar-refractivity contribution in [2.45, 2.75) is 18.4 Å². The normalized spacial score (nSPS) is 15.3. The summed E-state index contributed by atoms with van der Waals surface area (Å²) in [5, 5.41) is 3.06. The molecule has 194 valence electrons. The molecule has 0 saturated carbocycles. The molecule has 4 aromatic heterocycles. The molecule has 38 heavy (non-hydrogen) atoms. The van der Waals surface area contributed by atoms with E-state index in [1.54, 1.807) is 18.6 Å². The zero-order valence-electron chi connectivity index (χ0n) is 20.0. The minimum Gasteiger partial charge on any atom is -0.479 e. The van der Waals surface area contributed by atoms with Crippen molar-refractivity contribution in [1.29, 1.82) is 0 Å². The van der Waals surface area contributed by atoms with E-state index in [-0.39, 0.29) is 33.6 Å². The Hall–Kier alpha value is -3.26. The van der Waals surface area contributed by atoms with Crippen LogP contribution in [0.3, 0.4) is 0 Å². The Morgan fingerprint density at radius 1 is 1.11 bits per heavy atom. The van der Waals surface area contributed by atoms with Gasteiger partial charge in [-0.2, -0.15) is 0 Å². The highest BCUT2D eigenvalue weighted by Crippen LogP contribution is 2.51. The fraction of sp³-hybridized carbons (Fsp3) is 0.120. The molecule has 1 amide bonds. The van der Waals surface area contributed by atoms with Gasteiger partial charge in [0.15, 0.2) is 0 Å². The first kappa shape index (κ1) is 25.0. The van der Waals surface area contributed by atoms with Crippen molar-refractivity contribution in [3.8, 4) is 26.9 Å². The van der Waals surface area contributed by atoms with Crippen LogP contribution in [0.4, 0.5) is 5.69 Å². The Balaban J connectivity index is 1.58. The first-order valence-electron chi connectivity index (χ1n) is 11.3. The topological polar surface area (TPSA) is 129 Å². The van der Waals surface area contributed by atoms with E-state index in [0.29, 0.717) is 0 Å². The first-order chi connectivity index (χ1) is 18.2. The van der Waals surface area contributed by atoms with Gasteiger partial charge in [-0.3, -0.25) is 18.6 Å². The van der Waals surface area contributed by atoms with Crippen molar-refractivity contribution in [1.82, 2.24) is 20.3 Å². The molecule has 8 bridgehead atoms. The van der Waals surface area contributed by atoms with Gasteiger partial charge in [-0.05, 0) is 48.9 Å². The Bertz CT molecular complexity index is 1740. The fourth-order valence-corrected chi connectivity index (χ4v) is 7.79. The van der Waals surface area contributed by atoms with Crippen molar-refractivity contribution in [2.75, 3.05) is 11.8 Å². The third-order valence-corrected chi connectivity index (χ3v) is 10.3. The number of anilines is 1. The zero-order valence-corrected chi connectivity index (χ0v) is 23.2. The van der Waals surface area contributed by atoms with Crippen LogP contribution in [-0.2, 0) is 6.54 Å². The highest BCUT2D eigenvalue weighted by Gasteiger charge is 2.24. The number of hydrogen-bond donors (Lipinski definition) is 4. The van der Waals surface area contributed by atoms with Crippen LogP contribution in [0.1, 0.15) is 20.8 Å². The number of aromatic nitrogens is 3. The Morgan fingerprint density at radius 3 is 2.76 bits per heavy atom. The highest BCUT2D eigenvalue weighted by atomic mass is 35.5. The summed E-state index contributed by atoms with van der Waals surface area (Å²) in [5.74, 6) is -0.257. The van der Waals surface area contributed by atoms with Gasteiger partial charge in [-0.15, -0.1) is 22.7 Å². The van der Waals surface area contributed by atoms with E-state index in [1.807, 2.05) is 19.1 Å². The van der Waals surface area contributed by atoms with E-state index >= 15 is 0 Å². The van der Waals surface area contributed by atoms with Gasteiger partial charge in [0.05, 0.1) is 44.2 Å². The molecule has 0 saturated heterocycles. The molecule has 0 unspecified atom stereocenters. The lowest BCUT2D eigenvalue weighted by Crippen LogP contribution is -2.23. The SMILES string of the molecule is COc1ncc2cc1NS(O)(O)c1ccc(Cl)c(c1)C(=O)NCc1ccc(s1)-c1ncnc3c(C)c-2sc13. The number of thiophene rings is 2. The van der Waals surface area contributed by atoms with Crippen LogP contribution in [0.15, 0.2) is 53.8 Å². The van der Waals surface area contributed by atoms with Crippen LogP contribution in [0, 0.1) is 6.92 Å². The molecule has 1 aliphatic rings. The van der Waals surface area contributed by atoms with Gasteiger partial charge in [-0.1, -0.05) is 22.4 Å². The minimum absolute atomic E-state index is 0.0944. The zero-order chi connectivity index (χ0) is 26.6. The highest BCUT2D eigenvalue weighted by molar-refractivity contribution is 8.25. The van der Waals surface area contributed by atoms with Crippen LogP contribution >= 0.6 is 45.1 Å². The number of fused-ring (bicyclic) bond motifs is 9. The number of ether oxygens (including phenoxy) is 1. The van der Waals surface area contributed by atoms with E-state index in [1.165, 1.54) is 48.0 Å². The number of carbonyl (C=O) groups is 1. The molecule has 0 aliphatic carbocycles. The number of rotatable bonds is 1. The molecular formula is C25H20ClN5O4S3. The number of hydrogen-bond acceptors (Lipinski definition) is 10. The molecule has 1 aliphatic heterocycles. The number of amides is 1. The van der Waals surface area contributed by atoms with Gasteiger partial charge in [0.25, 0.3) is 5.91 Å². The summed E-state index contributed by atoms with van der Waals surface area (Å²) >= 11 is 9.38. The summed E-state index contributed by atoms with van der Waals surface area (Å²) < 4.78 is 31.4. The van der Waals surface area contributed by atoms with Crippen LogP contribution in [-0.4, -0.2) is 37.1 Å². The first-order valence-corrected chi connectivity index (χ1v) is 14.8. The summed E-state index contributed by atoms with van der Waals surface area (Å²) in [6.45, 7) is 2.26. The second-order valence-electron chi connectivity index (χ2n) is 8.48. The number of halogens is 1. The molecule has 0 fully saturated rings. The smallest absolute Gasteiger partial charge is 0.253 e. The molecule has 4 N–H and O–H groups in total. The second kappa shape index (κ2) is 9.49. The summed E-state index contributed by atoms with van der Waals surface area (Å²) in [4.78, 5) is 29.5. The molecule has 13 heteroatoms. The summed E-state index contributed by atoms with van der Waals surface area (Å²) in [7, 11) is -2.18. The van der Waals surface area contributed by atoms with Crippen LogP contribution in [0.2, 0.25) is 5.02 Å². The number of pyridine rings is 1. The van der Waals surface area contributed by atoms with Gasteiger partial charge in [0.2, 0.25) is 5.88 Å². The van der Waals surface area contributed by atoms with E-state index in [2.05, 4.69) is 25.0 Å². The maximum atomic E-state index is 13.0. The van der Waals surface area contributed by atoms with Gasteiger partial charge >= 0.3 is 0 Å². The molecule has 0 radical (unpaired) electrons. The largest absolute Gasteiger partial charge is 0.479 e. The van der Waals surface area contributed by atoms with Crippen molar-refractivity contribution >= 4 is 66.9 Å². The quantitative estimate of drug-likeness (QED) is 0.168. The fourth-order valence-electron chi connectivity index (χ4n) is 4.22. The van der Waals surface area contributed by atoms with Crippen molar-refractivity contribution in [3.05, 3.63) is 69.9 Å². The molecule has 5 heterocycles. The van der Waals surface area contributed by atoms with Gasteiger partial charge < -0.3 is 10.1 Å². The lowest BCUT2D eigenvalue weighted by molar-refractivity contribution is 0.0951. The summed E-state index contributed by atoms with van der Waals surface area (Å²) in [6.07, 6.45) is 3.22. The van der Waals surface area contributed by atoms with E-state index in [9.17, 15) is 13.9 Å². The average molecular weight is 586 g/mol. The van der Waals surface area contributed by atoms with E-state index in [0.717, 1.165) is 41.7 Å². The second-order valence-corrected chi connectivity index (χ2v) is 12.8. The Labute approximate surface area is 232 Å². The molecular weight excluding hydrogens is 566 g/mol. The van der Waals surface area contributed by atoms with E-state index < -0.39 is 16.7 Å². The molecule has 5 aromatic rings. The van der Waals surface area contributed by atoms with Crippen molar-refractivity contribution < 1.29 is 18.6 Å². The molecule has 1 aromatic carbocycles. The molecule has 9 nitrogen and oxygen atoms in total. The number of methoxy groups -OCH3 is 1. The summed E-state index contributed by atoms with van der Waals surface area (Å²) in [6, 6.07) is 9.98. The van der Waals surface area contributed by atoms with Gasteiger partial charge in [0.1, 0.15) is 17.7 Å². The van der Waals surface area contributed by atoms with E-state index in [4.69, 9.17) is 16.3 Å². The van der Waals surface area contributed by atoms with Crippen molar-refractivity contribution in [3.63, 3.8) is 0 Å². The monoisotopic (exact) mass is 585 g/mol. The predicted octanol–water partition coefficient (Wildman–Crippen LogP) is 6.83. The number of aryl methyl sites for hydroxylation is 1. The van der Waals surface area contributed by atoms with Gasteiger partial charge in [-0.25, -0.2) is 15.0 Å². The van der Waals surface area contributed by atoms with Crippen LogP contribution in [0.25, 0.3) is 31.2 Å². The van der Waals surface area contributed by atoms with Crippen LogP contribution < -0.4 is 14.8 Å². The lowest BCUT2D eigenvalue weighted by Gasteiger charge is -2.34. The van der Waals surface area contributed by atoms with Crippen molar-refractivity contribution in [2.24, 2.45) is 0 Å². The van der Waals surface area contributed by atoms with Crippen LogP contribution in [0.5, 0.6) is 5.88 Å². The average Bonchev–Trinajstić information content (AvgIpc) is 3.51. The number of nitrogens with one attached hydrogen (secondary N) is 2. The molecule has 6 rings (SSSR count). The maximum Gasteiger partial charge on any atom is 0.253 e. The predicted molar refractivity (Wildman–Crippen MR) is 153 cm³/mol. The lowest BCUT2D eigenvalue weighted by atomic mass is 10.1. The minimum atomic E-state index is -3.63. The third-order valence-electron chi connectivity index (χ3n) is 6.09. The molecule has 0 spiro atoms. The third kappa shape index (κ3) is 4.28. The van der Waals surface area contributed by atoms with Gasteiger partial charge in [0, 0.05) is 21.5 Å².